The van der Waals surface area contributed by atoms with Gasteiger partial charge in [0.05, 0.1) is 19.3 Å². The molecule has 82 valence electrons. The molecule has 1 heterocycles. The average molecular weight is 264 g/mol. The van der Waals surface area contributed by atoms with Crippen LogP contribution < -0.4 is 0 Å². The van der Waals surface area contributed by atoms with Crippen LogP contribution in [-0.4, -0.2) is 41.9 Å². The van der Waals surface area contributed by atoms with E-state index in [4.69, 9.17) is 4.74 Å². The van der Waals surface area contributed by atoms with E-state index in [2.05, 4.69) is 15.9 Å². The van der Waals surface area contributed by atoms with Crippen molar-refractivity contribution in [2.45, 2.75) is 26.3 Å². The van der Waals surface area contributed by atoms with E-state index in [1.54, 1.807) is 0 Å². The number of alkyl halides is 1. The number of nitrogens with zero attached hydrogens (tertiary/aromatic N) is 1. The molecule has 14 heavy (non-hydrogen) atoms. The molecule has 1 aliphatic rings. The van der Waals surface area contributed by atoms with Gasteiger partial charge in [-0.3, -0.25) is 4.79 Å². The third-order valence-electron chi connectivity index (χ3n) is 2.72. The van der Waals surface area contributed by atoms with Crippen LogP contribution in [0.3, 0.4) is 0 Å². The summed E-state index contributed by atoms with van der Waals surface area (Å²) >= 11 is 3.42. The molecule has 1 saturated heterocycles. The fourth-order valence-corrected chi connectivity index (χ4v) is 2.07. The third-order valence-corrected chi connectivity index (χ3v) is 3.47. The molecular formula is C10H18BrNO2. The molecular weight excluding hydrogens is 246 g/mol. The Morgan fingerprint density at radius 3 is 3.00 bits per heavy atom. The van der Waals surface area contributed by atoms with Gasteiger partial charge >= 0.3 is 0 Å². The van der Waals surface area contributed by atoms with Crippen LogP contribution in [0.4, 0.5) is 0 Å². The van der Waals surface area contributed by atoms with E-state index in [1.807, 2.05) is 18.7 Å². The van der Waals surface area contributed by atoms with Crippen molar-refractivity contribution < 1.29 is 9.53 Å². The fourth-order valence-electron chi connectivity index (χ4n) is 1.53. The molecule has 0 spiro atoms. The number of halogens is 1. The first kappa shape index (κ1) is 12.0. The lowest BCUT2D eigenvalue weighted by Crippen LogP contribution is -2.51. The lowest BCUT2D eigenvalue weighted by Gasteiger charge is -2.36. The van der Waals surface area contributed by atoms with Crippen LogP contribution in [0, 0.1) is 5.92 Å². The molecule has 1 rings (SSSR count). The van der Waals surface area contributed by atoms with Crippen LogP contribution in [0.2, 0.25) is 0 Å². The van der Waals surface area contributed by atoms with Crippen LogP contribution in [0.5, 0.6) is 0 Å². The topological polar surface area (TPSA) is 29.5 Å². The Morgan fingerprint density at radius 1 is 1.71 bits per heavy atom. The number of morpholine rings is 1. The molecule has 0 aliphatic carbocycles. The standard InChI is InChI=1S/C10H18BrNO2/c1-3-8(2)10(13)12-4-5-14-7-9(12)6-11/h8-9H,3-7H2,1-2H3. The smallest absolute Gasteiger partial charge is 0.225 e. The van der Waals surface area contributed by atoms with E-state index in [0.717, 1.165) is 18.3 Å². The van der Waals surface area contributed by atoms with Crippen molar-refractivity contribution in [2.24, 2.45) is 5.92 Å². The number of amides is 1. The Morgan fingerprint density at radius 2 is 2.43 bits per heavy atom. The highest BCUT2D eigenvalue weighted by Gasteiger charge is 2.28. The molecule has 2 atom stereocenters. The molecule has 0 aromatic rings. The maximum absolute atomic E-state index is 11.9. The van der Waals surface area contributed by atoms with Crippen LogP contribution in [0.15, 0.2) is 0 Å². The molecule has 2 unspecified atom stereocenters. The molecule has 0 radical (unpaired) electrons. The lowest BCUT2D eigenvalue weighted by molar-refractivity contribution is -0.142. The molecule has 4 heteroatoms. The second-order valence-corrected chi connectivity index (χ2v) is 4.37. The monoisotopic (exact) mass is 263 g/mol. The first-order chi connectivity index (χ1) is 6.70. The van der Waals surface area contributed by atoms with Gasteiger partial charge in [-0.1, -0.05) is 29.8 Å². The summed E-state index contributed by atoms with van der Waals surface area (Å²) in [6.45, 7) is 6.10. The zero-order valence-corrected chi connectivity index (χ0v) is 10.4. The zero-order chi connectivity index (χ0) is 10.6. The summed E-state index contributed by atoms with van der Waals surface area (Å²) in [5, 5.41) is 0.801. The molecule has 0 bridgehead atoms. The summed E-state index contributed by atoms with van der Waals surface area (Å²) in [5.74, 6) is 0.398. The molecule has 1 fully saturated rings. The number of carbonyl (C=O) groups is 1. The number of carbonyl (C=O) groups excluding carboxylic acids is 1. The molecule has 1 amide bonds. The van der Waals surface area contributed by atoms with Gasteiger partial charge in [0.2, 0.25) is 5.91 Å². The fraction of sp³-hybridized carbons (Fsp3) is 0.900. The van der Waals surface area contributed by atoms with E-state index in [-0.39, 0.29) is 17.9 Å². The van der Waals surface area contributed by atoms with Gasteiger partial charge in [-0.05, 0) is 6.42 Å². The van der Waals surface area contributed by atoms with Crippen molar-refractivity contribution in [2.75, 3.05) is 25.1 Å². The number of rotatable bonds is 3. The molecule has 3 nitrogen and oxygen atoms in total. The minimum absolute atomic E-state index is 0.134. The Kier molecular flexibility index (Phi) is 4.89. The van der Waals surface area contributed by atoms with Crippen LogP contribution in [0.1, 0.15) is 20.3 Å². The first-order valence-corrected chi connectivity index (χ1v) is 6.27. The summed E-state index contributed by atoms with van der Waals surface area (Å²) in [7, 11) is 0. The summed E-state index contributed by atoms with van der Waals surface area (Å²) in [6, 6.07) is 0.213. The first-order valence-electron chi connectivity index (χ1n) is 5.14. The zero-order valence-electron chi connectivity index (χ0n) is 8.83. The highest BCUT2D eigenvalue weighted by atomic mass is 79.9. The van der Waals surface area contributed by atoms with Crippen LogP contribution in [-0.2, 0) is 9.53 Å². The number of hydrogen-bond acceptors (Lipinski definition) is 2. The minimum Gasteiger partial charge on any atom is -0.377 e. The summed E-state index contributed by atoms with van der Waals surface area (Å²) in [5.41, 5.74) is 0. The van der Waals surface area contributed by atoms with Gasteiger partial charge in [0.25, 0.3) is 0 Å². The maximum Gasteiger partial charge on any atom is 0.225 e. The van der Waals surface area contributed by atoms with E-state index in [0.29, 0.717) is 13.2 Å². The Hall–Kier alpha value is -0.0900. The normalized spacial score (nSPS) is 24.8. The maximum atomic E-state index is 11.9. The quantitative estimate of drug-likeness (QED) is 0.725. The van der Waals surface area contributed by atoms with Gasteiger partial charge < -0.3 is 9.64 Å². The van der Waals surface area contributed by atoms with Gasteiger partial charge in [0.1, 0.15) is 0 Å². The van der Waals surface area contributed by atoms with Crippen molar-refractivity contribution >= 4 is 21.8 Å². The molecule has 0 aromatic carbocycles. The van der Waals surface area contributed by atoms with Gasteiger partial charge in [0, 0.05) is 17.8 Å². The van der Waals surface area contributed by atoms with Crippen molar-refractivity contribution in [3.05, 3.63) is 0 Å². The Balaban J connectivity index is 2.58. The van der Waals surface area contributed by atoms with Crippen molar-refractivity contribution in [3.8, 4) is 0 Å². The van der Waals surface area contributed by atoms with Crippen LogP contribution >= 0.6 is 15.9 Å². The van der Waals surface area contributed by atoms with E-state index in [9.17, 15) is 4.79 Å². The van der Waals surface area contributed by atoms with Crippen molar-refractivity contribution in [1.82, 2.24) is 4.90 Å². The SMILES string of the molecule is CCC(C)C(=O)N1CCOCC1CBr. The van der Waals surface area contributed by atoms with Gasteiger partial charge in [-0.25, -0.2) is 0 Å². The third kappa shape index (κ3) is 2.70. The average Bonchev–Trinajstić information content (AvgIpc) is 2.26. The Labute approximate surface area is 93.9 Å². The molecule has 0 N–H and O–H groups in total. The summed E-state index contributed by atoms with van der Waals surface area (Å²) in [6.07, 6.45) is 0.908. The highest BCUT2D eigenvalue weighted by Crippen LogP contribution is 2.14. The number of ether oxygens (including phenoxy) is 1. The van der Waals surface area contributed by atoms with E-state index < -0.39 is 0 Å². The van der Waals surface area contributed by atoms with Crippen molar-refractivity contribution in [1.29, 1.82) is 0 Å². The van der Waals surface area contributed by atoms with Gasteiger partial charge in [-0.15, -0.1) is 0 Å². The predicted molar refractivity (Wildman–Crippen MR) is 59.6 cm³/mol. The molecule has 0 aromatic heterocycles. The summed E-state index contributed by atoms with van der Waals surface area (Å²) < 4.78 is 5.34. The minimum atomic E-state index is 0.134. The van der Waals surface area contributed by atoms with Crippen LogP contribution in [0.25, 0.3) is 0 Å². The van der Waals surface area contributed by atoms with E-state index in [1.165, 1.54) is 0 Å². The second-order valence-electron chi connectivity index (χ2n) is 3.72. The van der Waals surface area contributed by atoms with E-state index >= 15 is 0 Å². The molecule has 1 aliphatic heterocycles. The van der Waals surface area contributed by atoms with Crippen molar-refractivity contribution in [3.63, 3.8) is 0 Å². The Bertz CT molecular complexity index is 199. The highest BCUT2D eigenvalue weighted by molar-refractivity contribution is 9.09. The molecule has 0 saturated carbocycles. The number of hydrogen-bond donors (Lipinski definition) is 0. The van der Waals surface area contributed by atoms with Gasteiger partial charge in [0.15, 0.2) is 0 Å². The predicted octanol–water partition coefficient (Wildman–Crippen LogP) is 1.65. The largest absolute Gasteiger partial charge is 0.377 e. The second kappa shape index (κ2) is 5.71. The summed E-state index contributed by atoms with van der Waals surface area (Å²) in [4.78, 5) is 13.9. The lowest BCUT2D eigenvalue weighted by atomic mass is 10.1. The van der Waals surface area contributed by atoms with Gasteiger partial charge in [-0.2, -0.15) is 0 Å².